The average molecular weight is 360 g/mol. The predicted molar refractivity (Wildman–Crippen MR) is 63.2 cm³/mol. The van der Waals surface area contributed by atoms with E-state index in [1.165, 1.54) is 11.3 Å². The molecule has 5 heteroatoms. The van der Waals surface area contributed by atoms with Crippen LogP contribution in [0.1, 0.15) is 9.67 Å². The van der Waals surface area contributed by atoms with E-state index in [9.17, 15) is 4.79 Å². The molecule has 1 aromatic heterocycles. The molecule has 0 aliphatic carbocycles. The highest BCUT2D eigenvalue weighted by Gasteiger charge is 2.09. The van der Waals surface area contributed by atoms with Crippen LogP contribution in [0.2, 0.25) is 0 Å². The fourth-order valence-corrected chi connectivity index (χ4v) is 2.65. The zero-order chi connectivity index (χ0) is 8.97. The number of halogens is 2. The van der Waals surface area contributed by atoms with E-state index in [1.54, 1.807) is 0 Å². The first-order chi connectivity index (χ1) is 5.75. The molecular weight excluding hydrogens is 353 g/mol. The van der Waals surface area contributed by atoms with Crippen molar-refractivity contribution in [1.82, 2.24) is 5.32 Å². The van der Waals surface area contributed by atoms with Crippen molar-refractivity contribution in [3.05, 3.63) is 19.9 Å². The Bertz CT molecular complexity index is 276. The number of hydrogen-bond donors (Lipinski definition) is 1. The molecule has 1 N–H and O–H groups in total. The van der Waals surface area contributed by atoms with Gasteiger partial charge in [0, 0.05) is 15.4 Å². The third kappa shape index (κ3) is 2.70. The summed E-state index contributed by atoms with van der Waals surface area (Å²) < 4.78 is 1.02. The summed E-state index contributed by atoms with van der Waals surface area (Å²) >= 11 is 6.88. The Balaban J connectivity index is 2.59. The standard InChI is InChI=1S/C7H7BrINOS/c8-2-3-10-7(11)6-5(9)1-4-12-6/h1,4H,2-3H2,(H,10,11). The van der Waals surface area contributed by atoms with Gasteiger partial charge >= 0.3 is 0 Å². The maximum absolute atomic E-state index is 11.4. The quantitative estimate of drug-likeness (QED) is 0.652. The zero-order valence-electron chi connectivity index (χ0n) is 6.14. The number of rotatable bonds is 3. The van der Waals surface area contributed by atoms with Crippen molar-refractivity contribution < 1.29 is 4.79 Å². The van der Waals surface area contributed by atoms with Crippen LogP contribution in [-0.2, 0) is 0 Å². The van der Waals surface area contributed by atoms with E-state index >= 15 is 0 Å². The molecule has 0 aliphatic rings. The van der Waals surface area contributed by atoms with Crippen LogP contribution < -0.4 is 5.32 Å². The van der Waals surface area contributed by atoms with Gasteiger partial charge in [0.15, 0.2) is 0 Å². The first-order valence-electron chi connectivity index (χ1n) is 3.33. The highest BCUT2D eigenvalue weighted by atomic mass is 127. The number of carbonyl (C=O) groups excluding carboxylic acids is 1. The van der Waals surface area contributed by atoms with Crippen molar-refractivity contribution in [1.29, 1.82) is 0 Å². The Morgan fingerprint density at radius 1 is 1.75 bits per heavy atom. The van der Waals surface area contributed by atoms with E-state index in [-0.39, 0.29) is 5.91 Å². The fraction of sp³-hybridized carbons (Fsp3) is 0.286. The lowest BCUT2D eigenvalue weighted by atomic mass is 10.4. The Morgan fingerprint density at radius 3 is 3.00 bits per heavy atom. The second-order valence-corrected chi connectivity index (χ2v) is 4.91. The summed E-state index contributed by atoms with van der Waals surface area (Å²) in [5.74, 6) is 0.0221. The van der Waals surface area contributed by atoms with Gasteiger partial charge in [0.1, 0.15) is 4.88 Å². The topological polar surface area (TPSA) is 29.1 Å². The predicted octanol–water partition coefficient (Wildman–Crippen LogP) is 2.48. The number of alkyl halides is 1. The lowest BCUT2D eigenvalue weighted by molar-refractivity contribution is 0.0959. The minimum absolute atomic E-state index is 0.0221. The minimum atomic E-state index is 0.0221. The van der Waals surface area contributed by atoms with Gasteiger partial charge in [-0.25, -0.2) is 0 Å². The van der Waals surface area contributed by atoms with Crippen molar-refractivity contribution in [2.24, 2.45) is 0 Å². The van der Waals surface area contributed by atoms with E-state index in [2.05, 4.69) is 43.8 Å². The van der Waals surface area contributed by atoms with Crippen LogP contribution in [0, 0.1) is 3.57 Å². The SMILES string of the molecule is O=C(NCCBr)c1sccc1I. The molecule has 0 fully saturated rings. The summed E-state index contributed by atoms with van der Waals surface area (Å²) in [6, 6.07) is 1.94. The van der Waals surface area contributed by atoms with Gasteiger partial charge in [0.25, 0.3) is 5.91 Å². The van der Waals surface area contributed by atoms with Crippen LogP contribution in [0.3, 0.4) is 0 Å². The second-order valence-electron chi connectivity index (χ2n) is 2.04. The van der Waals surface area contributed by atoms with E-state index < -0.39 is 0 Å². The number of amides is 1. The highest BCUT2D eigenvalue weighted by molar-refractivity contribution is 14.1. The molecular formula is C7H7BrINOS. The Labute approximate surface area is 97.0 Å². The summed E-state index contributed by atoms with van der Waals surface area (Å²) in [4.78, 5) is 12.2. The van der Waals surface area contributed by atoms with Gasteiger partial charge in [-0.1, -0.05) is 15.9 Å². The Hall–Kier alpha value is 0.380. The molecule has 0 aromatic carbocycles. The molecule has 0 saturated carbocycles. The lowest BCUT2D eigenvalue weighted by Gasteiger charge is -1.99. The molecule has 0 atom stereocenters. The first-order valence-corrected chi connectivity index (χ1v) is 6.41. The molecule has 0 spiro atoms. The molecule has 12 heavy (non-hydrogen) atoms. The Kier molecular flexibility index (Phi) is 4.52. The van der Waals surface area contributed by atoms with Crippen molar-refractivity contribution in [3.63, 3.8) is 0 Å². The molecule has 1 rings (SSSR count). The number of thiophene rings is 1. The maximum atomic E-state index is 11.4. The average Bonchev–Trinajstić information content (AvgIpc) is 2.47. The number of hydrogen-bond acceptors (Lipinski definition) is 2. The van der Waals surface area contributed by atoms with Crippen LogP contribution >= 0.6 is 49.9 Å². The van der Waals surface area contributed by atoms with Gasteiger partial charge in [-0.05, 0) is 34.0 Å². The van der Waals surface area contributed by atoms with E-state index in [0.29, 0.717) is 6.54 Å². The fourth-order valence-electron chi connectivity index (χ4n) is 0.697. The summed E-state index contributed by atoms with van der Waals surface area (Å²) in [5.41, 5.74) is 0. The molecule has 0 aliphatic heterocycles. The smallest absolute Gasteiger partial charge is 0.262 e. The van der Waals surface area contributed by atoms with Crippen LogP contribution in [0.15, 0.2) is 11.4 Å². The van der Waals surface area contributed by atoms with Crippen LogP contribution in [0.5, 0.6) is 0 Å². The summed E-state index contributed by atoms with van der Waals surface area (Å²) in [5, 5.41) is 5.51. The largest absolute Gasteiger partial charge is 0.350 e. The van der Waals surface area contributed by atoms with Crippen LogP contribution in [0.25, 0.3) is 0 Å². The number of carbonyl (C=O) groups is 1. The molecule has 1 heterocycles. The monoisotopic (exact) mass is 359 g/mol. The van der Waals surface area contributed by atoms with Crippen molar-refractivity contribution in [2.45, 2.75) is 0 Å². The van der Waals surface area contributed by atoms with Gasteiger partial charge < -0.3 is 5.32 Å². The molecule has 0 unspecified atom stereocenters. The second kappa shape index (κ2) is 5.18. The van der Waals surface area contributed by atoms with E-state index in [4.69, 9.17) is 0 Å². The molecule has 0 saturated heterocycles. The summed E-state index contributed by atoms with van der Waals surface area (Å²) in [6.07, 6.45) is 0. The van der Waals surface area contributed by atoms with Crippen LogP contribution in [-0.4, -0.2) is 17.8 Å². The first kappa shape index (κ1) is 10.5. The normalized spacial score (nSPS) is 9.83. The zero-order valence-corrected chi connectivity index (χ0v) is 10.7. The Morgan fingerprint density at radius 2 is 2.50 bits per heavy atom. The van der Waals surface area contributed by atoms with Crippen molar-refractivity contribution in [2.75, 3.05) is 11.9 Å². The van der Waals surface area contributed by atoms with Crippen molar-refractivity contribution >= 4 is 55.8 Å². The van der Waals surface area contributed by atoms with Gasteiger partial charge in [-0.15, -0.1) is 11.3 Å². The molecule has 0 bridgehead atoms. The summed E-state index contributed by atoms with van der Waals surface area (Å²) in [7, 11) is 0. The van der Waals surface area contributed by atoms with Gasteiger partial charge in [0.2, 0.25) is 0 Å². The third-order valence-electron chi connectivity index (χ3n) is 1.20. The van der Waals surface area contributed by atoms with Gasteiger partial charge in [-0.3, -0.25) is 4.79 Å². The molecule has 1 amide bonds. The lowest BCUT2D eigenvalue weighted by Crippen LogP contribution is -2.24. The van der Waals surface area contributed by atoms with Gasteiger partial charge in [0.05, 0.1) is 0 Å². The minimum Gasteiger partial charge on any atom is -0.350 e. The summed E-state index contributed by atoms with van der Waals surface area (Å²) in [6.45, 7) is 0.673. The van der Waals surface area contributed by atoms with E-state index in [0.717, 1.165) is 13.8 Å². The highest BCUT2D eigenvalue weighted by Crippen LogP contribution is 2.18. The van der Waals surface area contributed by atoms with E-state index in [1.807, 2.05) is 11.4 Å². The van der Waals surface area contributed by atoms with Gasteiger partial charge in [-0.2, -0.15) is 0 Å². The molecule has 1 aromatic rings. The molecule has 0 radical (unpaired) electrons. The maximum Gasteiger partial charge on any atom is 0.262 e. The molecule has 66 valence electrons. The third-order valence-corrected chi connectivity index (χ3v) is 3.78. The number of nitrogens with one attached hydrogen (secondary N) is 1. The molecule has 2 nitrogen and oxygen atoms in total. The van der Waals surface area contributed by atoms with Crippen molar-refractivity contribution in [3.8, 4) is 0 Å². The van der Waals surface area contributed by atoms with Crippen LogP contribution in [0.4, 0.5) is 0 Å².